The van der Waals surface area contributed by atoms with E-state index in [0.717, 1.165) is 11.3 Å². The van der Waals surface area contributed by atoms with Crippen molar-refractivity contribution in [2.45, 2.75) is 58.8 Å². The van der Waals surface area contributed by atoms with Gasteiger partial charge in [0.05, 0.1) is 20.0 Å². The first-order chi connectivity index (χ1) is 15.2. The highest BCUT2D eigenvalue weighted by atomic mass is 16.5. The minimum atomic E-state index is -1.11. The molecule has 1 aromatic heterocycles. The first kappa shape index (κ1) is 23.3. The molecule has 2 N–H and O–H groups in total. The lowest BCUT2D eigenvalue weighted by Gasteiger charge is -2.43. The number of nitrogens with zero attached hydrogens (tertiary/aromatic N) is 3. The minimum absolute atomic E-state index is 0.0840. The Labute approximate surface area is 188 Å². The van der Waals surface area contributed by atoms with Crippen LogP contribution in [0.25, 0.3) is 0 Å². The molecule has 0 spiro atoms. The summed E-state index contributed by atoms with van der Waals surface area (Å²) < 4.78 is 6.77. The minimum Gasteiger partial charge on any atom is -0.497 e. The molecule has 3 rings (SSSR count). The molecular formula is C23H31N5O4. The Morgan fingerprint density at radius 1 is 1.25 bits per heavy atom. The van der Waals surface area contributed by atoms with Gasteiger partial charge in [0.2, 0.25) is 5.91 Å². The second-order valence-electron chi connectivity index (χ2n) is 8.46. The summed E-state index contributed by atoms with van der Waals surface area (Å²) in [7, 11) is 1.60. The third-order valence-corrected chi connectivity index (χ3v) is 5.54. The number of carbonyl (C=O) groups excluding carboxylic acids is 3. The maximum Gasteiger partial charge on any atom is 0.273 e. The molecule has 0 radical (unpaired) electrons. The largest absolute Gasteiger partial charge is 0.497 e. The topological polar surface area (TPSA) is 106 Å². The van der Waals surface area contributed by atoms with Crippen molar-refractivity contribution in [3.63, 3.8) is 0 Å². The fourth-order valence-corrected chi connectivity index (χ4v) is 3.87. The van der Waals surface area contributed by atoms with Crippen molar-refractivity contribution < 1.29 is 19.1 Å². The van der Waals surface area contributed by atoms with Crippen LogP contribution in [0.3, 0.4) is 0 Å². The number of imidazole rings is 1. The van der Waals surface area contributed by atoms with Crippen molar-refractivity contribution in [1.82, 2.24) is 25.1 Å². The number of rotatable bonds is 8. The molecule has 32 heavy (non-hydrogen) atoms. The molecule has 0 aliphatic carbocycles. The van der Waals surface area contributed by atoms with Crippen LogP contribution in [0.5, 0.6) is 5.75 Å². The van der Waals surface area contributed by atoms with Crippen molar-refractivity contribution in [2.75, 3.05) is 13.7 Å². The molecule has 1 aromatic carbocycles. The monoisotopic (exact) mass is 441 g/mol. The van der Waals surface area contributed by atoms with Gasteiger partial charge in [0.25, 0.3) is 11.8 Å². The van der Waals surface area contributed by atoms with E-state index >= 15 is 0 Å². The smallest absolute Gasteiger partial charge is 0.273 e. The molecular weight excluding hydrogens is 410 g/mol. The van der Waals surface area contributed by atoms with Crippen molar-refractivity contribution in [3.05, 3.63) is 47.5 Å². The lowest BCUT2D eigenvalue weighted by Crippen LogP contribution is -2.64. The summed E-state index contributed by atoms with van der Waals surface area (Å²) >= 11 is 0. The predicted molar refractivity (Wildman–Crippen MR) is 119 cm³/mol. The van der Waals surface area contributed by atoms with Gasteiger partial charge in [-0.2, -0.15) is 0 Å². The Hall–Kier alpha value is -3.36. The Kier molecular flexibility index (Phi) is 6.86. The fourth-order valence-electron chi connectivity index (χ4n) is 3.87. The first-order valence-corrected chi connectivity index (χ1v) is 10.8. The molecule has 0 unspecified atom stereocenters. The maximum atomic E-state index is 13.4. The number of ether oxygens (including phenoxy) is 1. The van der Waals surface area contributed by atoms with E-state index in [2.05, 4.69) is 15.6 Å². The van der Waals surface area contributed by atoms with Crippen LogP contribution >= 0.6 is 0 Å². The second kappa shape index (κ2) is 9.42. The summed E-state index contributed by atoms with van der Waals surface area (Å²) in [6.07, 6.45) is 2.13. The van der Waals surface area contributed by atoms with Crippen LogP contribution in [0.1, 0.15) is 60.7 Å². The van der Waals surface area contributed by atoms with Crippen LogP contribution in [-0.4, -0.2) is 57.4 Å². The number of nitrogens with one attached hydrogen (secondary N) is 2. The quantitative estimate of drug-likeness (QED) is 0.652. The molecule has 1 aliphatic heterocycles. The number of methoxy groups -OCH3 is 1. The third kappa shape index (κ3) is 4.46. The SMILES string of the molecule is CCCN1C(=O)c2c(C(=O)NC(C)C)ncn2C[C@]1(C)C(=O)NCc1ccc(OC)cc1. The predicted octanol–water partition coefficient (Wildman–Crippen LogP) is 1.97. The van der Waals surface area contributed by atoms with E-state index in [1.54, 1.807) is 23.5 Å². The van der Waals surface area contributed by atoms with Gasteiger partial charge in [0, 0.05) is 19.1 Å². The average molecular weight is 442 g/mol. The zero-order valence-electron chi connectivity index (χ0n) is 19.3. The van der Waals surface area contributed by atoms with Crippen molar-refractivity contribution in [3.8, 4) is 5.75 Å². The van der Waals surface area contributed by atoms with Crippen LogP contribution < -0.4 is 15.4 Å². The van der Waals surface area contributed by atoms with Gasteiger partial charge in [0.1, 0.15) is 17.0 Å². The molecule has 2 heterocycles. The summed E-state index contributed by atoms with van der Waals surface area (Å²) in [4.78, 5) is 45.0. The molecule has 1 aliphatic rings. The van der Waals surface area contributed by atoms with Gasteiger partial charge in [-0.25, -0.2) is 4.98 Å². The molecule has 0 saturated carbocycles. The number of fused-ring (bicyclic) bond motifs is 1. The summed E-state index contributed by atoms with van der Waals surface area (Å²) in [6, 6.07) is 7.34. The Morgan fingerprint density at radius 3 is 2.53 bits per heavy atom. The molecule has 0 saturated heterocycles. The fraction of sp³-hybridized carbons (Fsp3) is 0.478. The summed E-state index contributed by atoms with van der Waals surface area (Å²) in [5.41, 5.74) is 0.115. The molecule has 0 fully saturated rings. The third-order valence-electron chi connectivity index (χ3n) is 5.54. The zero-order valence-corrected chi connectivity index (χ0v) is 19.3. The zero-order chi connectivity index (χ0) is 23.5. The van der Waals surface area contributed by atoms with E-state index in [-0.39, 0.29) is 35.8 Å². The molecule has 1 atom stereocenters. The highest BCUT2D eigenvalue weighted by Crippen LogP contribution is 2.29. The van der Waals surface area contributed by atoms with Gasteiger partial charge in [-0.15, -0.1) is 0 Å². The molecule has 172 valence electrons. The average Bonchev–Trinajstić information content (AvgIpc) is 3.18. The molecule has 9 heteroatoms. The van der Waals surface area contributed by atoms with Gasteiger partial charge in [-0.1, -0.05) is 19.1 Å². The van der Waals surface area contributed by atoms with Crippen molar-refractivity contribution >= 4 is 17.7 Å². The molecule has 0 bridgehead atoms. The Morgan fingerprint density at radius 2 is 1.94 bits per heavy atom. The van der Waals surface area contributed by atoms with Gasteiger partial charge in [-0.05, 0) is 44.9 Å². The van der Waals surface area contributed by atoms with E-state index in [1.165, 1.54) is 6.33 Å². The van der Waals surface area contributed by atoms with Crippen LogP contribution in [0.2, 0.25) is 0 Å². The van der Waals surface area contributed by atoms with Crippen molar-refractivity contribution in [2.24, 2.45) is 0 Å². The first-order valence-electron chi connectivity index (χ1n) is 10.8. The van der Waals surface area contributed by atoms with Crippen LogP contribution in [0.15, 0.2) is 30.6 Å². The van der Waals surface area contributed by atoms with E-state index < -0.39 is 11.4 Å². The Bertz CT molecular complexity index is 998. The summed E-state index contributed by atoms with van der Waals surface area (Å²) in [5, 5.41) is 5.73. The van der Waals surface area contributed by atoms with Gasteiger partial charge < -0.3 is 24.8 Å². The van der Waals surface area contributed by atoms with Crippen LogP contribution in [0.4, 0.5) is 0 Å². The lowest BCUT2D eigenvalue weighted by atomic mass is 9.93. The van der Waals surface area contributed by atoms with E-state index in [4.69, 9.17) is 4.74 Å². The summed E-state index contributed by atoms with van der Waals surface area (Å²) in [5.74, 6) is -0.288. The maximum absolute atomic E-state index is 13.4. The number of hydrogen-bond acceptors (Lipinski definition) is 5. The van der Waals surface area contributed by atoms with Gasteiger partial charge in [-0.3, -0.25) is 14.4 Å². The number of carbonyl (C=O) groups is 3. The summed E-state index contributed by atoms with van der Waals surface area (Å²) in [6.45, 7) is 8.31. The highest BCUT2D eigenvalue weighted by molar-refractivity contribution is 6.07. The standard InChI is InChI=1S/C23H31N5O4/c1-6-11-28-21(30)19-18(20(29)26-15(2)3)25-14-27(19)13-23(28,4)22(31)24-12-16-7-9-17(32-5)10-8-16/h7-10,14-15H,6,11-13H2,1-5H3,(H,24,31)(H,26,29)/t23-/m1/s1. The number of aromatic nitrogens is 2. The van der Waals surface area contributed by atoms with Crippen LogP contribution in [0, 0.1) is 0 Å². The Balaban J connectivity index is 1.85. The lowest BCUT2D eigenvalue weighted by molar-refractivity contribution is -0.133. The molecule has 2 aromatic rings. The second-order valence-corrected chi connectivity index (χ2v) is 8.46. The molecule has 3 amide bonds. The van der Waals surface area contributed by atoms with E-state index in [0.29, 0.717) is 19.5 Å². The van der Waals surface area contributed by atoms with Gasteiger partial charge >= 0.3 is 0 Å². The van der Waals surface area contributed by atoms with Gasteiger partial charge in [0.15, 0.2) is 5.69 Å². The van der Waals surface area contributed by atoms with Crippen LogP contribution in [-0.2, 0) is 17.9 Å². The van der Waals surface area contributed by atoms with E-state index in [9.17, 15) is 14.4 Å². The normalized spacial score (nSPS) is 17.8. The van der Waals surface area contributed by atoms with Crippen molar-refractivity contribution in [1.29, 1.82) is 0 Å². The number of amides is 3. The number of benzene rings is 1. The highest BCUT2D eigenvalue weighted by Gasteiger charge is 2.48. The molecule has 9 nitrogen and oxygen atoms in total. The number of hydrogen-bond donors (Lipinski definition) is 2. The van der Waals surface area contributed by atoms with E-state index in [1.807, 2.05) is 45.0 Å².